The van der Waals surface area contributed by atoms with Crippen LogP contribution >= 0.6 is 0 Å². The first kappa shape index (κ1) is 17.3. The molecule has 0 aromatic heterocycles. The Labute approximate surface area is 125 Å². The van der Waals surface area contributed by atoms with Gasteiger partial charge in [0.2, 0.25) is 0 Å². The average Bonchev–Trinajstić information content (AvgIpc) is 2.43. The van der Waals surface area contributed by atoms with Crippen LogP contribution in [0.2, 0.25) is 0 Å². The molecular formula is C13H21N3O4S. The zero-order valence-corrected chi connectivity index (χ0v) is 13.2. The van der Waals surface area contributed by atoms with Gasteiger partial charge in [0.15, 0.2) is 0 Å². The summed E-state index contributed by atoms with van der Waals surface area (Å²) in [6, 6.07) is 7.06. The maximum atomic E-state index is 11.7. The lowest BCUT2D eigenvalue weighted by Gasteiger charge is -2.15. The molecule has 1 aromatic carbocycles. The Hall–Kier alpha value is -1.80. The van der Waals surface area contributed by atoms with Crippen molar-refractivity contribution in [1.29, 1.82) is 0 Å². The number of anilines is 1. The van der Waals surface area contributed by atoms with Crippen molar-refractivity contribution in [1.82, 2.24) is 10.0 Å². The van der Waals surface area contributed by atoms with Gasteiger partial charge in [-0.3, -0.25) is 4.72 Å². The Balaban J connectivity index is 2.78. The number of carbonyl (C=O) groups is 1. The first-order chi connectivity index (χ1) is 9.88. The van der Waals surface area contributed by atoms with Crippen molar-refractivity contribution < 1.29 is 17.9 Å². The summed E-state index contributed by atoms with van der Waals surface area (Å²) in [4.78, 5) is 10.9. The lowest BCUT2D eigenvalue weighted by atomic mass is 10.1. The highest BCUT2D eigenvalue weighted by Gasteiger charge is 2.15. The van der Waals surface area contributed by atoms with Crippen molar-refractivity contribution >= 4 is 22.0 Å². The average molecular weight is 315 g/mol. The minimum atomic E-state index is -4.00. The molecule has 0 saturated carbocycles. The number of ether oxygens (including phenoxy) is 1. The largest absolute Gasteiger partial charge is 0.452 e. The van der Waals surface area contributed by atoms with Gasteiger partial charge in [0, 0.05) is 6.04 Å². The third kappa shape index (κ3) is 6.01. The standard InChI is InChI=1S/C13H21N3O4S/c1-4-8-14-10(2)11-6-5-7-12(9-11)15-21(18,19)16-13(17)20-3/h5-7,9-10,14-15H,4,8H2,1-3H3,(H,16,17). The van der Waals surface area contributed by atoms with E-state index in [4.69, 9.17) is 0 Å². The van der Waals surface area contributed by atoms with Crippen LogP contribution in [0.1, 0.15) is 31.9 Å². The number of hydrogen-bond donors (Lipinski definition) is 3. The Kier molecular flexibility index (Phi) is 6.44. The van der Waals surface area contributed by atoms with Crippen molar-refractivity contribution in [3.05, 3.63) is 29.8 Å². The fourth-order valence-corrected chi connectivity index (χ4v) is 2.47. The van der Waals surface area contributed by atoms with Gasteiger partial charge >= 0.3 is 16.3 Å². The molecule has 0 fully saturated rings. The molecule has 1 amide bonds. The summed E-state index contributed by atoms with van der Waals surface area (Å²) in [6.45, 7) is 4.94. The fraction of sp³-hybridized carbons (Fsp3) is 0.462. The predicted molar refractivity (Wildman–Crippen MR) is 81.2 cm³/mol. The molecule has 1 unspecified atom stereocenters. The van der Waals surface area contributed by atoms with Crippen LogP contribution in [0.15, 0.2) is 24.3 Å². The minimum Gasteiger partial charge on any atom is -0.452 e. The highest BCUT2D eigenvalue weighted by atomic mass is 32.2. The molecule has 118 valence electrons. The van der Waals surface area contributed by atoms with Crippen LogP contribution in [0.4, 0.5) is 10.5 Å². The summed E-state index contributed by atoms with van der Waals surface area (Å²) >= 11 is 0. The fourth-order valence-electron chi connectivity index (χ4n) is 1.68. The van der Waals surface area contributed by atoms with Gasteiger partial charge in [-0.25, -0.2) is 9.52 Å². The highest BCUT2D eigenvalue weighted by molar-refractivity contribution is 7.91. The lowest BCUT2D eigenvalue weighted by molar-refractivity contribution is 0.177. The number of hydrogen-bond acceptors (Lipinski definition) is 5. The second-order valence-corrected chi connectivity index (χ2v) is 5.92. The van der Waals surface area contributed by atoms with Crippen LogP contribution in [0.3, 0.4) is 0 Å². The van der Waals surface area contributed by atoms with Crippen molar-refractivity contribution in [3.63, 3.8) is 0 Å². The second-order valence-electron chi connectivity index (χ2n) is 4.50. The van der Waals surface area contributed by atoms with Gasteiger partial charge in [0.05, 0.1) is 12.8 Å². The zero-order valence-electron chi connectivity index (χ0n) is 12.3. The van der Waals surface area contributed by atoms with Gasteiger partial charge in [0.25, 0.3) is 0 Å². The zero-order chi connectivity index (χ0) is 15.9. The molecule has 0 aliphatic heterocycles. The van der Waals surface area contributed by atoms with Crippen LogP contribution in [-0.4, -0.2) is 28.2 Å². The number of methoxy groups -OCH3 is 1. The van der Waals surface area contributed by atoms with Crippen LogP contribution in [0, 0.1) is 0 Å². The maximum Gasteiger partial charge on any atom is 0.422 e. The normalized spacial score (nSPS) is 12.5. The van der Waals surface area contributed by atoms with Crippen LogP contribution in [0.5, 0.6) is 0 Å². The Morgan fingerprint density at radius 2 is 2.10 bits per heavy atom. The summed E-state index contributed by atoms with van der Waals surface area (Å²) in [5, 5.41) is 3.31. The monoisotopic (exact) mass is 315 g/mol. The van der Waals surface area contributed by atoms with Crippen LogP contribution in [-0.2, 0) is 14.9 Å². The van der Waals surface area contributed by atoms with E-state index < -0.39 is 16.3 Å². The third-order valence-corrected chi connectivity index (χ3v) is 3.68. The van der Waals surface area contributed by atoms with E-state index in [-0.39, 0.29) is 6.04 Å². The van der Waals surface area contributed by atoms with Gasteiger partial charge in [-0.2, -0.15) is 8.42 Å². The summed E-state index contributed by atoms with van der Waals surface area (Å²) < 4.78 is 31.6. The predicted octanol–water partition coefficient (Wildman–Crippen LogP) is 1.76. The molecule has 1 atom stereocenters. The quantitative estimate of drug-likeness (QED) is 0.712. The number of carbonyl (C=O) groups excluding carboxylic acids is 1. The third-order valence-electron chi connectivity index (χ3n) is 2.74. The first-order valence-corrected chi connectivity index (χ1v) is 8.08. The van der Waals surface area contributed by atoms with Gasteiger partial charge in [-0.15, -0.1) is 0 Å². The molecule has 1 aromatic rings. The molecule has 7 nitrogen and oxygen atoms in total. The summed E-state index contributed by atoms with van der Waals surface area (Å²) in [5.41, 5.74) is 1.32. The molecule has 0 aliphatic rings. The first-order valence-electron chi connectivity index (χ1n) is 6.59. The Bertz CT molecular complexity index is 575. The van der Waals surface area contributed by atoms with E-state index in [1.807, 2.05) is 13.0 Å². The highest BCUT2D eigenvalue weighted by Crippen LogP contribution is 2.18. The summed E-state index contributed by atoms with van der Waals surface area (Å²) in [5.74, 6) is 0. The van der Waals surface area contributed by atoms with E-state index >= 15 is 0 Å². The van der Waals surface area contributed by atoms with E-state index in [1.165, 1.54) is 0 Å². The van der Waals surface area contributed by atoms with Crippen LogP contribution < -0.4 is 14.8 Å². The molecule has 0 radical (unpaired) electrons. The minimum absolute atomic E-state index is 0.1000. The molecule has 0 bridgehead atoms. The van der Waals surface area contributed by atoms with E-state index in [2.05, 4.69) is 21.7 Å². The molecule has 21 heavy (non-hydrogen) atoms. The Morgan fingerprint density at radius 3 is 2.71 bits per heavy atom. The van der Waals surface area contributed by atoms with Crippen molar-refractivity contribution in [3.8, 4) is 0 Å². The number of nitrogens with one attached hydrogen (secondary N) is 3. The molecule has 3 N–H and O–H groups in total. The number of benzene rings is 1. The van der Waals surface area contributed by atoms with Gasteiger partial charge in [0.1, 0.15) is 0 Å². The molecule has 0 spiro atoms. The van der Waals surface area contributed by atoms with E-state index in [1.54, 1.807) is 22.9 Å². The molecule has 1 rings (SSSR count). The van der Waals surface area contributed by atoms with Gasteiger partial charge in [-0.05, 0) is 37.6 Å². The van der Waals surface area contributed by atoms with Gasteiger partial charge in [-0.1, -0.05) is 19.1 Å². The number of rotatable bonds is 7. The smallest absolute Gasteiger partial charge is 0.422 e. The molecule has 0 heterocycles. The number of amides is 1. The summed E-state index contributed by atoms with van der Waals surface area (Å²) in [6.07, 6.45) is -0.0312. The second kappa shape index (κ2) is 7.84. The summed E-state index contributed by atoms with van der Waals surface area (Å²) in [7, 11) is -2.91. The van der Waals surface area contributed by atoms with Crippen molar-refractivity contribution in [2.75, 3.05) is 18.4 Å². The van der Waals surface area contributed by atoms with E-state index in [9.17, 15) is 13.2 Å². The molecule has 8 heteroatoms. The van der Waals surface area contributed by atoms with Gasteiger partial charge < -0.3 is 10.1 Å². The van der Waals surface area contributed by atoms with Crippen molar-refractivity contribution in [2.24, 2.45) is 0 Å². The lowest BCUT2D eigenvalue weighted by Crippen LogP contribution is -2.35. The molecule has 0 aliphatic carbocycles. The SMILES string of the molecule is CCCNC(C)c1cccc(NS(=O)(=O)NC(=O)OC)c1. The van der Waals surface area contributed by atoms with E-state index in [0.717, 1.165) is 25.6 Å². The van der Waals surface area contributed by atoms with Crippen molar-refractivity contribution in [2.45, 2.75) is 26.3 Å². The molecule has 0 saturated heterocycles. The Morgan fingerprint density at radius 1 is 1.38 bits per heavy atom. The maximum absolute atomic E-state index is 11.7. The molecular weight excluding hydrogens is 294 g/mol. The van der Waals surface area contributed by atoms with E-state index in [0.29, 0.717) is 5.69 Å². The topological polar surface area (TPSA) is 96.5 Å². The van der Waals surface area contributed by atoms with Crippen LogP contribution in [0.25, 0.3) is 0 Å².